The minimum atomic E-state index is -1.01. The van der Waals surface area contributed by atoms with Crippen LogP contribution in [0.3, 0.4) is 0 Å². The van der Waals surface area contributed by atoms with Crippen LogP contribution in [-0.4, -0.2) is 49.9 Å². The van der Waals surface area contributed by atoms with Gasteiger partial charge in [-0.25, -0.2) is 23.9 Å². The fourth-order valence-corrected chi connectivity index (χ4v) is 3.19. The summed E-state index contributed by atoms with van der Waals surface area (Å²) < 4.78 is 12.2. The van der Waals surface area contributed by atoms with Crippen LogP contribution >= 0.6 is 0 Å². The van der Waals surface area contributed by atoms with Gasteiger partial charge in [-0.2, -0.15) is 0 Å². The lowest BCUT2D eigenvalue weighted by atomic mass is 10.1. The van der Waals surface area contributed by atoms with E-state index in [4.69, 9.17) is 9.47 Å². The Balaban J connectivity index is 1.89. The second-order valence-corrected chi connectivity index (χ2v) is 8.33. The average Bonchev–Trinajstić information content (AvgIpc) is 2.76. The number of amides is 1. The van der Waals surface area contributed by atoms with Gasteiger partial charge in [-0.1, -0.05) is 6.07 Å². The standard InChI is InChI=1S/C22H25N5O6/c1-22(2,3)33-20(30)25-15(19(29)32-5)10-13-6-7-17(24-11-13)27-18(28)14-8-9-23-12-16(14)26(4)21(27)31/h6-9,11-12,15H,10H2,1-5H3,(H,25,30)/t15-/m0/s1. The molecule has 11 nitrogen and oxygen atoms in total. The molecule has 11 heteroatoms. The Morgan fingerprint density at radius 1 is 1.15 bits per heavy atom. The van der Waals surface area contributed by atoms with Crippen molar-refractivity contribution >= 4 is 23.0 Å². The van der Waals surface area contributed by atoms with Crippen molar-refractivity contribution in [1.82, 2.24) is 24.4 Å². The zero-order chi connectivity index (χ0) is 24.3. The molecule has 3 rings (SSSR count). The molecule has 174 valence electrons. The molecule has 3 aromatic rings. The van der Waals surface area contributed by atoms with Gasteiger partial charge in [0, 0.05) is 25.9 Å². The second kappa shape index (κ2) is 9.23. The van der Waals surface area contributed by atoms with Crippen LogP contribution in [-0.2, 0) is 27.7 Å². The molecule has 3 aromatic heterocycles. The summed E-state index contributed by atoms with van der Waals surface area (Å²) in [5, 5.41) is 2.81. The molecule has 0 aliphatic carbocycles. The quantitative estimate of drug-likeness (QED) is 0.565. The van der Waals surface area contributed by atoms with Gasteiger partial charge in [0.25, 0.3) is 5.56 Å². The normalized spacial score (nSPS) is 12.3. The summed E-state index contributed by atoms with van der Waals surface area (Å²) in [6, 6.07) is 3.62. The number of fused-ring (bicyclic) bond motifs is 1. The number of rotatable bonds is 5. The molecule has 1 amide bonds. The van der Waals surface area contributed by atoms with Gasteiger partial charge in [0.1, 0.15) is 17.5 Å². The van der Waals surface area contributed by atoms with Gasteiger partial charge in [-0.3, -0.25) is 14.3 Å². The summed E-state index contributed by atoms with van der Waals surface area (Å²) in [7, 11) is 2.75. The highest BCUT2D eigenvalue weighted by Crippen LogP contribution is 2.11. The summed E-state index contributed by atoms with van der Waals surface area (Å²) in [6.07, 6.45) is 3.65. The van der Waals surface area contributed by atoms with Crippen LogP contribution in [0.25, 0.3) is 16.7 Å². The van der Waals surface area contributed by atoms with Gasteiger partial charge >= 0.3 is 17.8 Å². The lowest BCUT2D eigenvalue weighted by molar-refractivity contribution is -0.143. The van der Waals surface area contributed by atoms with Crippen molar-refractivity contribution in [2.75, 3.05) is 7.11 Å². The highest BCUT2D eigenvalue weighted by molar-refractivity contribution is 5.81. The number of nitrogens with zero attached hydrogens (tertiary/aromatic N) is 4. The summed E-state index contributed by atoms with van der Waals surface area (Å²) in [5.41, 5.74) is -0.840. The minimum absolute atomic E-state index is 0.0650. The third-order valence-electron chi connectivity index (χ3n) is 4.73. The third-order valence-corrected chi connectivity index (χ3v) is 4.73. The number of carbonyl (C=O) groups is 2. The van der Waals surface area contributed by atoms with Crippen LogP contribution < -0.4 is 16.6 Å². The number of aryl methyl sites for hydroxylation is 1. The predicted octanol–water partition coefficient (Wildman–Crippen LogP) is 1.09. The zero-order valence-corrected chi connectivity index (χ0v) is 19.0. The molecule has 0 saturated carbocycles. The van der Waals surface area contributed by atoms with E-state index >= 15 is 0 Å². The van der Waals surface area contributed by atoms with E-state index in [-0.39, 0.29) is 12.2 Å². The lowest BCUT2D eigenvalue weighted by Gasteiger charge is -2.22. The molecule has 0 unspecified atom stereocenters. The van der Waals surface area contributed by atoms with E-state index in [0.29, 0.717) is 16.5 Å². The molecule has 1 atom stereocenters. The molecule has 33 heavy (non-hydrogen) atoms. The number of esters is 1. The Hall–Kier alpha value is -4.02. The maximum Gasteiger partial charge on any atom is 0.408 e. The first-order chi connectivity index (χ1) is 15.5. The van der Waals surface area contributed by atoms with Gasteiger partial charge in [-0.05, 0) is 38.5 Å². The van der Waals surface area contributed by atoms with Crippen molar-refractivity contribution in [2.45, 2.75) is 38.8 Å². The first-order valence-corrected chi connectivity index (χ1v) is 10.1. The number of ether oxygens (including phenoxy) is 2. The van der Waals surface area contributed by atoms with Gasteiger partial charge in [0.2, 0.25) is 0 Å². The van der Waals surface area contributed by atoms with Crippen LogP contribution in [0, 0.1) is 0 Å². The molecular formula is C22H25N5O6. The maximum absolute atomic E-state index is 12.9. The van der Waals surface area contributed by atoms with E-state index in [2.05, 4.69) is 15.3 Å². The van der Waals surface area contributed by atoms with Gasteiger partial charge in [0.15, 0.2) is 0 Å². The van der Waals surface area contributed by atoms with Crippen LogP contribution in [0.5, 0.6) is 0 Å². The van der Waals surface area contributed by atoms with Crippen molar-refractivity contribution < 1.29 is 19.1 Å². The summed E-state index contributed by atoms with van der Waals surface area (Å²) in [5.74, 6) is -0.532. The molecule has 0 aliphatic heterocycles. The van der Waals surface area contributed by atoms with E-state index in [9.17, 15) is 19.2 Å². The molecule has 3 heterocycles. The van der Waals surface area contributed by atoms with E-state index < -0.39 is 35.0 Å². The van der Waals surface area contributed by atoms with Crippen molar-refractivity contribution in [3.63, 3.8) is 0 Å². The average molecular weight is 455 g/mol. The van der Waals surface area contributed by atoms with Crippen molar-refractivity contribution in [3.05, 3.63) is 63.2 Å². The van der Waals surface area contributed by atoms with Gasteiger partial charge < -0.3 is 14.8 Å². The Bertz CT molecular complexity index is 1300. The monoisotopic (exact) mass is 455 g/mol. The molecule has 0 spiro atoms. The first kappa shape index (κ1) is 23.6. The number of carbonyl (C=O) groups excluding carboxylic acids is 2. The maximum atomic E-state index is 12.9. The first-order valence-electron chi connectivity index (χ1n) is 10.1. The topological polar surface area (TPSA) is 134 Å². The van der Waals surface area contributed by atoms with Crippen LogP contribution in [0.1, 0.15) is 26.3 Å². The fourth-order valence-electron chi connectivity index (χ4n) is 3.19. The summed E-state index contributed by atoms with van der Waals surface area (Å²) in [4.78, 5) is 58.1. The highest BCUT2D eigenvalue weighted by atomic mass is 16.6. The summed E-state index contributed by atoms with van der Waals surface area (Å²) >= 11 is 0. The van der Waals surface area contributed by atoms with Crippen LogP contribution in [0.2, 0.25) is 0 Å². The Labute approximate surface area is 189 Å². The van der Waals surface area contributed by atoms with E-state index in [1.54, 1.807) is 33.9 Å². The number of methoxy groups -OCH3 is 1. The Kier molecular flexibility index (Phi) is 6.61. The highest BCUT2D eigenvalue weighted by Gasteiger charge is 2.25. The smallest absolute Gasteiger partial charge is 0.408 e. The van der Waals surface area contributed by atoms with Crippen LogP contribution in [0.15, 0.2) is 46.4 Å². The molecule has 1 N–H and O–H groups in total. The van der Waals surface area contributed by atoms with Gasteiger partial charge in [-0.15, -0.1) is 0 Å². The Morgan fingerprint density at radius 2 is 1.88 bits per heavy atom. The number of pyridine rings is 2. The van der Waals surface area contributed by atoms with E-state index in [1.807, 2.05) is 0 Å². The molecule has 0 aliphatic rings. The predicted molar refractivity (Wildman–Crippen MR) is 119 cm³/mol. The number of alkyl carbamates (subject to hydrolysis) is 1. The fraction of sp³-hybridized carbons (Fsp3) is 0.364. The summed E-state index contributed by atoms with van der Waals surface area (Å²) in [6.45, 7) is 5.12. The molecule has 0 aromatic carbocycles. The van der Waals surface area contributed by atoms with Crippen molar-refractivity contribution in [3.8, 4) is 5.82 Å². The molecule has 0 saturated heterocycles. The molecule has 0 fully saturated rings. The number of hydrogen-bond acceptors (Lipinski definition) is 8. The van der Waals surface area contributed by atoms with Crippen LogP contribution in [0.4, 0.5) is 4.79 Å². The number of aromatic nitrogens is 4. The van der Waals surface area contributed by atoms with Crippen molar-refractivity contribution in [2.24, 2.45) is 7.05 Å². The molecule has 0 bridgehead atoms. The second-order valence-electron chi connectivity index (χ2n) is 8.33. The SMILES string of the molecule is COC(=O)[C@H](Cc1ccc(-n2c(=O)c3ccncc3n(C)c2=O)nc1)NC(=O)OC(C)(C)C. The van der Waals surface area contributed by atoms with E-state index in [0.717, 1.165) is 4.57 Å². The number of hydrogen-bond donors (Lipinski definition) is 1. The lowest BCUT2D eigenvalue weighted by Crippen LogP contribution is -2.45. The minimum Gasteiger partial charge on any atom is -0.467 e. The Morgan fingerprint density at radius 3 is 2.48 bits per heavy atom. The zero-order valence-electron chi connectivity index (χ0n) is 19.0. The molecular weight excluding hydrogens is 430 g/mol. The molecule has 0 radical (unpaired) electrons. The van der Waals surface area contributed by atoms with E-state index in [1.165, 1.54) is 42.4 Å². The van der Waals surface area contributed by atoms with Gasteiger partial charge in [0.05, 0.1) is 24.2 Å². The third kappa shape index (κ3) is 5.25. The number of nitrogens with one attached hydrogen (secondary N) is 1. The largest absolute Gasteiger partial charge is 0.467 e. The van der Waals surface area contributed by atoms with Crippen molar-refractivity contribution in [1.29, 1.82) is 0 Å².